The third kappa shape index (κ3) is 2.01. The van der Waals surface area contributed by atoms with Gasteiger partial charge in [-0.3, -0.25) is 0 Å². The van der Waals surface area contributed by atoms with Crippen LogP contribution in [0.3, 0.4) is 0 Å². The second-order valence-corrected chi connectivity index (χ2v) is 3.04. The standard InChI is InChI=1S/C7H16N4O/c1-12-5-6-2-3-11(4-6)7(8)10-9/h6H,2-5,9H2,1H3,(H2,8,10). The highest BCUT2D eigenvalue weighted by Gasteiger charge is 2.23. The Morgan fingerprint density at radius 3 is 3.08 bits per heavy atom. The summed E-state index contributed by atoms with van der Waals surface area (Å²) in [4.78, 5) is 1.98. The van der Waals surface area contributed by atoms with E-state index in [4.69, 9.17) is 16.3 Å². The van der Waals surface area contributed by atoms with Gasteiger partial charge in [-0.15, -0.1) is 5.10 Å². The Morgan fingerprint density at radius 2 is 2.50 bits per heavy atom. The quantitative estimate of drug-likeness (QED) is 0.246. The molecule has 1 aliphatic heterocycles. The van der Waals surface area contributed by atoms with Gasteiger partial charge in [0.1, 0.15) is 0 Å². The molecule has 70 valence electrons. The summed E-state index contributed by atoms with van der Waals surface area (Å²) in [5, 5.41) is 3.44. The molecule has 0 bridgehead atoms. The molecule has 12 heavy (non-hydrogen) atoms. The molecule has 1 fully saturated rings. The maximum atomic E-state index is 5.55. The SMILES string of the molecule is COCC1CCN(/C(N)=N/N)C1. The summed E-state index contributed by atoms with van der Waals surface area (Å²) >= 11 is 0. The van der Waals surface area contributed by atoms with Gasteiger partial charge < -0.3 is 21.2 Å². The Bertz CT molecular complexity index is 171. The molecule has 1 heterocycles. The zero-order chi connectivity index (χ0) is 8.97. The molecule has 1 aliphatic rings. The van der Waals surface area contributed by atoms with Gasteiger partial charge in [0.2, 0.25) is 5.96 Å². The molecule has 1 saturated heterocycles. The van der Waals surface area contributed by atoms with Crippen molar-refractivity contribution in [1.29, 1.82) is 0 Å². The lowest BCUT2D eigenvalue weighted by molar-refractivity contribution is 0.157. The number of ether oxygens (including phenoxy) is 1. The molecule has 0 aromatic heterocycles. The number of nitrogens with two attached hydrogens (primary N) is 2. The molecule has 0 aromatic carbocycles. The predicted octanol–water partition coefficient (Wildman–Crippen LogP) is -0.857. The van der Waals surface area contributed by atoms with Crippen LogP contribution in [0.2, 0.25) is 0 Å². The lowest BCUT2D eigenvalue weighted by Gasteiger charge is -2.15. The minimum atomic E-state index is 0.425. The maximum absolute atomic E-state index is 5.55. The lowest BCUT2D eigenvalue weighted by atomic mass is 10.1. The van der Waals surface area contributed by atoms with E-state index in [0.717, 1.165) is 26.1 Å². The van der Waals surface area contributed by atoms with E-state index in [1.807, 2.05) is 4.90 Å². The van der Waals surface area contributed by atoms with Crippen LogP contribution in [-0.2, 0) is 4.74 Å². The molecule has 4 N–H and O–H groups in total. The molecule has 0 saturated carbocycles. The summed E-state index contributed by atoms with van der Waals surface area (Å²) in [7, 11) is 1.71. The Hall–Kier alpha value is -0.970. The molecule has 0 amide bonds. The summed E-state index contributed by atoms with van der Waals surface area (Å²) in [6.45, 7) is 2.62. The molecule has 0 radical (unpaired) electrons. The highest BCUT2D eigenvalue weighted by molar-refractivity contribution is 5.77. The summed E-state index contributed by atoms with van der Waals surface area (Å²) in [6, 6.07) is 0. The zero-order valence-electron chi connectivity index (χ0n) is 7.36. The van der Waals surface area contributed by atoms with E-state index in [2.05, 4.69) is 5.10 Å². The first-order chi connectivity index (χ1) is 5.77. The Balaban J connectivity index is 2.35. The van der Waals surface area contributed by atoms with E-state index in [-0.39, 0.29) is 0 Å². The summed E-state index contributed by atoms with van der Waals surface area (Å²) < 4.78 is 5.05. The number of guanidine groups is 1. The maximum Gasteiger partial charge on any atom is 0.213 e. The van der Waals surface area contributed by atoms with Crippen molar-refractivity contribution in [2.45, 2.75) is 6.42 Å². The van der Waals surface area contributed by atoms with E-state index < -0.39 is 0 Å². The fraction of sp³-hybridized carbons (Fsp3) is 0.857. The van der Waals surface area contributed by atoms with Crippen LogP contribution < -0.4 is 11.6 Å². The van der Waals surface area contributed by atoms with E-state index in [0.29, 0.717) is 11.9 Å². The molecular formula is C7H16N4O. The molecule has 0 aliphatic carbocycles. The number of hydrogen-bond acceptors (Lipinski definition) is 3. The van der Waals surface area contributed by atoms with Crippen molar-refractivity contribution in [1.82, 2.24) is 4.90 Å². The van der Waals surface area contributed by atoms with Crippen molar-refractivity contribution >= 4 is 5.96 Å². The topological polar surface area (TPSA) is 76.9 Å². The van der Waals surface area contributed by atoms with Crippen LogP contribution in [0.4, 0.5) is 0 Å². The number of likely N-dealkylation sites (tertiary alicyclic amines) is 1. The van der Waals surface area contributed by atoms with E-state index in [9.17, 15) is 0 Å². The molecule has 5 heteroatoms. The largest absolute Gasteiger partial charge is 0.384 e. The number of rotatable bonds is 2. The van der Waals surface area contributed by atoms with Crippen molar-refractivity contribution in [3.05, 3.63) is 0 Å². The first-order valence-corrected chi connectivity index (χ1v) is 4.05. The summed E-state index contributed by atoms with van der Waals surface area (Å²) in [6.07, 6.45) is 1.10. The van der Waals surface area contributed by atoms with Crippen molar-refractivity contribution in [3.8, 4) is 0 Å². The first-order valence-electron chi connectivity index (χ1n) is 4.05. The zero-order valence-corrected chi connectivity index (χ0v) is 7.36. The molecule has 1 rings (SSSR count). The number of hydrazone groups is 1. The van der Waals surface area contributed by atoms with Gasteiger partial charge in [-0.05, 0) is 6.42 Å². The van der Waals surface area contributed by atoms with Gasteiger partial charge in [0.15, 0.2) is 0 Å². The first kappa shape index (κ1) is 9.12. The fourth-order valence-corrected chi connectivity index (χ4v) is 1.49. The van der Waals surface area contributed by atoms with Crippen molar-refractivity contribution < 1.29 is 4.74 Å². The normalized spacial score (nSPS) is 24.9. The lowest BCUT2D eigenvalue weighted by Crippen LogP contribution is -2.36. The molecule has 0 aromatic rings. The average molecular weight is 172 g/mol. The third-order valence-corrected chi connectivity index (χ3v) is 2.14. The smallest absolute Gasteiger partial charge is 0.213 e. The van der Waals surface area contributed by atoms with Gasteiger partial charge >= 0.3 is 0 Å². The van der Waals surface area contributed by atoms with Gasteiger partial charge in [0.05, 0.1) is 6.61 Å². The second kappa shape index (κ2) is 4.15. The highest BCUT2D eigenvalue weighted by atomic mass is 16.5. The van der Waals surface area contributed by atoms with E-state index in [1.54, 1.807) is 7.11 Å². The summed E-state index contributed by atoms with van der Waals surface area (Å²) in [5.74, 6) is 6.05. The Morgan fingerprint density at radius 1 is 1.75 bits per heavy atom. The van der Waals surface area contributed by atoms with Crippen LogP contribution in [0.1, 0.15) is 6.42 Å². The number of hydrogen-bond donors (Lipinski definition) is 2. The van der Waals surface area contributed by atoms with Gasteiger partial charge in [-0.25, -0.2) is 0 Å². The minimum absolute atomic E-state index is 0.425. The van der Waals surface area contributed by atoms with Gasteiger partial charge in [0.25, 0.3) is 0 Å². The van der Waals surface area contributed by atoms with Gasteiger partial charge in [-0.1, -0.05) is 0 Å². The third-order valence-electron chi connectivity index (χ3n) is 2.14. The van der Waals surface area contributed by atoms with Crippen LogP contribution in [0.15, 0.2) is 5.10 Å². The van der Waals surface area contributed by atoms with Crippen LogP contribution in [0, 0.1) is 5.92 Å². The number of nitrogens with zero attached hydrogens (tertiary/aromatic N) is 2. The van der Waals surface area contributed by atoms with Gasteiger partial charge in [-0.2, -0.15) is 0 Å². The predicted molar refractivity (Wildman–Crippen MR) is 47.4 cm³/mol. The van der Waals surface area contributed by atoms with Crippen LogP contribution >= 0.6 is 0 Å². The molecule has 0 spiro atoms. The van der Waals surface area contributed by atoms with Crippen molar-refractivity contribution in [2.24, 2.45) is 22.6 Å². The summed E-state index contributed by atoms with van der Waals surface area (Å²) in [5.41, 5.74) is 5.55. The fourth-order valence-electron chi connectivity index (χ4n) is 1.49. The highest BCUT2D eigenvalue weighted by Crippen LogP contribution is 2.15. The van der Waals surface area contributed by atoms with Crippen molar-refractivity contribution in [2.75, 3.05) is 26.8 Å². The second-order valence-electron chi connectivity index (χ2n) is 3.04. The molecule has 5 nitrogen and oxygen atoms in total. The monoisotopic (exact) mass is 172 g/mol. The molecule has 1 unspecified atom stereocenters. The van der Waals surface area contributed by atoms with Crippen molar-refractivity contribution in [3.63, 3.8) is 0 Å². The molecule has 1 atom stereocenters. The van der Waals surface area contributed by atoms with Crippen LogP contribution in [-0.4, -0.2) is 37.7 Å². The van der Waals surface area contributed by atoms with E-state index in [1.165, 1.54) is 0 Å². The molecular weight excluding hydrogens is 156 g/mol. The van der Waals surface area contributed by atoms with Crippen LogP contribution in [0.25, 0.3) is 0 Å². The Labute approximate surface area is 72.3 Å². The minimum Gasteiger partial charge on any atom is -0.384 e. The number of methoxy groups -OCH3 is 1. The average Bonchev–Trinajstić information content (AvgIpc) is 2.52. The van der Waals surface area contributed by atoms with Crippen LogP contribution in [0.5, 0.6) is 0 Å². The van der Waals surface area contributed by atoms with Gasteiger partial charge in [0, 0.05) is 26.1 Å². The Kier molecular flexibility index (Phi) is 3.16. The van der Waals surface area contributed by atoms with E-state index >= 15 is 0 Å².